The number of methoxy groups -OCH3 is 1. The summed E-state index contributed by atoms with van der Waals surface area (Å²) in [6.45, 7) is 0.234. The molecule has 0 saturated heterocycles. The standard InChI is InChI=1S/C19H22FN3O3/c1-23(12-13-8-9-17(26-2)15(20)10-13)18(24)11-16(22-19(21)25)14-6-4-3-5-7-14/h3-10,16H,11-12H2,1-2H3,(H3,21,22,25). The number of ether oxygens (including phenoxy) is 1. The van der Waals surface area contributed by atoms with Gasteiger partial charge in [-0.1, -0.05) is 36.4 Å². The van der Waals surface area contributed by atoms with Gasteiger partial charge in [-0.2, -0.15) is 0 Å². The SMILES string of the molecule is COc1ccc(CN(C)C(=O)CC(NC(N)=O)c2ccccc2)cc1F. The van der Waals surface area contributed by atoms with Crippen LogP contribution < -0.4 is 15.8 Å². The Balaban J connectivity index is 2.06. The molecule has 3 N–H and O–H groups in total. The van der Waals surface area contributed by atoms with Crippen molar-refractivity contribution in [1.29, 1.82) is 0 Å². The molecule has 6 nitrogen and oxygen atoms in total. The van der Waals surface area contributed by atoms with Crippen LogP contribution >= 0.6 is 0 Å². The van der Waals surface area contributed by atoms with E-state index in [2.05, 4.69) is 5.32 Å². The minimum absolute atomic E-state index is 0.0437. The van der Waals surface area contributed by atoms with Crippen LogP contribution in [0.5, 0.6) is 5.75 Å². The molecule has 7 heteroatoms. The lowest BCUT2D eigenvalue weighted by Gasteiger charge is -2.22. The molecule has 0 spiro atoms. The minimum atomic E-state index is -0.702. The van der Waals surface area contributed by atoms with E-state index >= 15 is 0 Å². The van der Waals surface area contributed by atoms with Gasteiger partial charge in [0.15, 0.2) is 11.6 Å². The number of nitrogens with one attached hydrogen (secondary N) is 1. The first-order chi connectivity index (χ1) is 12.4. The number of nitrogens with zero attached hydrogens (tertiary/aromatic N) is 1. The number of nitrogens with two attached hydrogens (primary N) is 1. The molecule has 0 aliphatic rings. The van der Waals surface area contributed by atoms with E-state index in [1.54, 1.807) is 13.1 Å². The third-order valence-corrected chi connectivity index (χ3v) is 3.96. The quantitative estimate of drug-likeness (QED) is 0.797. The molecule has 1 atom stereocenters. The van der Waals surface area contributed by atoms with E-state index in [1.807, 2.05) is 30.3 Å². The van der Waals surface area contributed by atoms with Gasteiger partial charge in [0.2, 0.25) is 5.91 Å². The normalized spacial score (nSPS) is 11.5. The van der Waals surface area contributed by atoms with Crippen LogP contribution in [-0.2, 0) is 11.3 Å². The van der Waals surface area contributed by atoms with Crippen molar-refractivity contribution >= 4 is 11.9 Å². The van der Waals surface area contributed by atoms with Crippen molar-refractivity contribution in [2.45, 2.75) is 19.0 Å². The zero-order chi connectivity index (χ0) is 19.1. The number of carbonyl (C=O) groups excluding carboxylic acids is 2. The summed E-state index contributed by atoms with van der Waals surface area (Å²) in [5.74, 6) is -0.537. The molecule has 3 amide bonds. The maximum absolute atomic E-state index is 13.8. The fourth-order valence-electron chi connectivity index (χ4n) is 2.61. The summed E-state index contributed by atoms with van der Waals surface area (Å²) in [4.78, 5) is 25.3. The Morgan fingerprint density at radius 2 is 1.92 bits per heavy atom. The topological polar surface area (TPSA) is 84.7 Å². The third kappa shape index (κ3) is 5.20. The Morgan fingerprint density at radius 1 is 1.23 bits per heavy atom. The summed E-state index contributed by atoms with van der Waals surface area (Å²) in [7, 11) is 3.01. The second kappa shape index (κ2) is 8.84. The van der Waals surface area contributed by atoms with E-state index in [-0.39, 0.29) is 24.6 Å². The summed E-state index contributed by atoms with van der Waals surface area (Å²) in [5.41, 5.74) is 6.64. The van der Waals surface area contributed by atoms with E-state index in [9.17, 15) is 14.0 Å². The van der Waals surface area contributed by atoms with Gasteiger partial charge < -0.3 is 20.7 Å². The maximum atomic E-state index is 13.8. The van der Waals surface area contributed by atoms with Gasteiger partial charge in [-0.3, -0.25) is 4.79 Å². The lowest BCUT2D eigenvalue weighted by atomic mass is 10.0. The Kier molecular flexibility index (Phi) is 6.54. The molecule has 0 fully saturated rings. The first kappa shape index (κ1) is 19.2. The van der Waals surface area contributed by atoms with Crippen molar-refractivity contribution < 1.29 is 18.7 Å². The van der Waals surface area contributed by atoms with Gasteiger partial charge in [0, 0.05) is 13.6 Å². The molecule has 0 bridgehead atoms. The summed E-state index contributed by atoms with van der Waals surface area (Å²) in [5, 5.41) is 2.58. The second-order valence-corrected chi connectivity index (χ2v) is 5.89. The van der Waals surface area contributed by atoms with Crippen LogP contribution in [0.1, 0.15) is 23.6 Å². The van der Waals surface area contributed by atoms with Gasteiger partial charge in [-0.25, -0.2) is 9.18 Å². The van der Waals surface area contributed by atoms with E-state index in [4.69, 9.17) is 10.5 Å². The molecule has 26 heavy (non-hydrogen) atoms. The van der Waals surface area contributed by atoms with Crippen molar-refractivity contribution in [2.24, 2.45) is 5.73 Å². The molecule has 2 rings (SSSR count). The first-order valence-electron chi connectivity index (χ1n) is 8.08. The molecule has 0 radical (unpaired) electrons. The van der Waals surface area contributed by atoms with Crippen LogP contribution in [0, 0.1) is 5.82 Å². The predicted molar refractivity (Wildman–Crippen MR) is 95.9 cm³/mol. The van der Waals surface area contributed by atoms with Gasteiger partial charge in [-0.15, -0.1) is 0 Å². The zero-order valence-electron chi connectivity index (χ0n) is 14.7. The Hall–Kier alpha value is -3.09. The van der Waals surface area contributed by atoms with Gasteiger partial charge in [0.1, 0.15) is 0 Å². The highest BCUT2D eigenvalue weighted by Gasteiger charge is 2.20. The molecule has 0 aliphatic carbocycles. The molecule has 2 aromatic carbocycles. The zero-order valence-corrected chi connectivity index (χ0v) is 14.7. The van der Waals surface area contributed by atoms with E-state index < -0.39 is 17.9 Å². The highest BCUT2D eigenvalue weighted by atomic mass is 19.1. The number of urea groups is 1. The van der Waals surface area contributed by atoms with Crippen LogP contribution in [0.3, 0.4) is 0 Å². The maximum Gasteiger partial charge on any atom is 0.312 e. The number of rotatable bonds is 7. The van der Waals surface area contributed by atoms with E-state index in [1.165, 1.54) is 24.1 Å². The van der Waals surface area contributed by atoms with Crippen molar-refractivity contribution in [3.63, 3.8) is 0 Å². The number of amides is 3. The van der Waals surface area contributed by atoms with Crippen molar-refractivity contribution in [2.75, 3.05) is 14.2 Å². The smallest absolute Gasteiger partial charge is 0.312 e. The van der Waals surface area contributed by atoms with Crippen LogP contribution in [-0.4, -0.2) is 31.0 Å². The van der Waals surface area contributed by atoms with Gasteiger partial charge in [0.05, 0.1) is 19.6 Å². The molecular weight excluding hydrogens is 337 g/mol. The van der Waals surface area contributed by atoms with Gasteiger partial charge >= 0.3 is 6.03 Å². The number of primary amides is 1. The molecule has 1 unspecified atom stereocenters. The monoisotopic (exact) mass is 359 g/mol. The highest BCUT2D eigenvalue weighted by Crippen LogP contribution is 2.20. The van der Waals surface area contributed by atoms with Crippen molar-refractivity contribution in [1.82, 2.24) is 10.2 Å². The summed E-state index contributed by atoms with van der Waals surface area (Å²) in [6.07, 6.45) is 0.0437. The molecule has 0 saturated carbocycles. The van der Waals surface area contributed by atoms with Crippen molar-refractivity contribution in [3.05, 3.63) is 65.5 Å². The largest absolute Gasteiger partial charge is 0.494 e. The Morgan fingerprint density at radius 3 is 2.50 bits per heavy atom. The predicted octanol–water partition coefficient (Wildman–Crippen LogP) is 2.59. The third-order valence-electron chi connectivity index (χ3n) is 3.96. The number of hydrogen-bond donors (Lipinski definition) is 2. The Labute approximate surface area is 151 Å². The summed E-state index contributed by atoms with van der Waals surface area (Å²) < 4.78 is 18.7. The van der Waals surface area contributed by atoms with Crippen LogP contribution in [0.15, 0.2) is 48.5 Å². The van der Waals surface area contributed by atoms with Crippen molar-refractivity contribution in [3.8, 4) is 5.75 Å². The number of benzene rings is 2. The highest BCUT2D eigenvalue weighted by molar-refractivity contribution is 5.78. The molecule has 0 aromatic heterocycles. The van der Waals surface area contributed by atoms with E-state index in [0.29, 0.717) is 5.56 Å². The minimum Gasteiger partial charge on any atom is -0.494 e. The molecule has 0 heterocycles. The number of halogens is 1. The fraction of sp³-hybridized carbons (Fsp3) is 0.263. The molecule has 2 aromatic rings. The lowest BCUT2D eigenvalue weighted by molar-refractivity contribution is -0.130. The molecule has 138 valence electrons. The summed E-state index contributed by atoms with van der Waals surface area (Å²) >= 11 is 0. The van der Waals surface area contributed by atoms with Gasteiger partial charge in [0.25, 0.3) is 0 Å². The average Bonchev–Trinajstić information content (AvgIpc) is 2.61. The van der Waals surface area contributed by atoms with Crippen LogP contribution in [0.4, 0.5) is 9.18 Å². The van der Waals surface area contributed by atoms with E-state index in [0.717, 1.165) is 5.56 Å². The number of hydrogen-bond acceptors (Lipinski definition) is 3. The molecule has 0 aliphatic heterocycles. The average molecular weight is 359 g/mol. The Bertz CT molecular complexity index is 768. The van der Waals surface area contributed by atoms with Crippen LogP contribution in [0.25, 0.3) is 0 Å². The molecular formula is C19H22FN3O3. The lowest BCUT2D eigenvalue weighted by Crippen LogP contribution is -2.37. The van der Waals surface area contributed by atoms with Crippen LogP contribution in [0.2, 0.25) is 0 Å². The fourth-order valence-corrected chi connectivity index (χ4v) is 2.61. The first-order valence-corrected chi connectivity index (χ1v) is 8.08. The van der Waals surface area contributed by atoms with Gasteiger partial charge in [-0.05, 0) is 23.3 Å². The number of carbonyl (C=O) groups is 2. The summed E-state index contributed by atoms with van der Waals surface area (Å²) in [6, 6.07) is 12.4. The second-order valence-electron chi connectivity index (χ2n) is 5.89.